The van der Waals surface area contributed by atoms with Gasteiger partial charge in [-0.1, -0.05) is 13.0 Å². The molecule has 0 saturated carbocycles. The molecule has 0 radical (unpaired) electrons. The third-order valence-electron chi connectivity index (χ3n) is 3.63. The van der Waals surface area contributed by atoms with Gasteiger partial charge in [-0.3, -0.25) is 4.79 Å². The lowest BCUT2D eigenvalue weighted by Gasteiger charge is -2.46. The molecule has 5 heteroatoms. The van der Waals surface area contributed by atoms with Gasteiger partial charge in [0.25, 0.3) is 0 Å². The van der Waals surface area contributed by atoms with Crippen LogP contribution in [0.1, 0.15) is 27.7 Å². The molecule has 1 rings (SSSR count). The third kappa shape index (κ3) is 3.49. The van der Waals surface area contributed by atoms with Gasteiger partial charge >= 0.3 is 12.0 Å². The van der Waals surface area contributed by atoms with Crippen molar-refractivity contribution in [3.8, 4) is 0 Å². The van der Waals surface area contributed by atoms with Crippen LogP contribution in [0.2, 0.25) is 0 Å². The molecule has 0 aromatic heterocycles. The van der Waals surface area contributed by atoms with E-state index in [4.69, 9.17) is 5.11 Å². The van der Waals surface area contributed by atoms with E-state index < -0.39 is 11.9 Å². The summed E-state index contributed by atoms with van der Waals surface area (Å²) in [5.41, 5.74) is -0.269. The Balaban J connectivity index is 2.61. The zero-order valence-corrected chi connectivity index (χ0v) is 12.2. The number of amides is 2. The van der Waals surface area contributed by atoms with Gasteiger partial charge in [0.15, 0.2) is 0 Å². The molecule has 1 aliphatic rings. The van der Waals surface area contributed by atoms with Crippen LogP contribution in [0.3, 0.4) is 0 Å². The summed E-state index contributed by atoms with van der Waals surface area (Å²) in [5, 5.41) is 8.94. The molecule has 0 aromatic carbocycles. The van der Waals surface area contributed by atoms with Crippen LogP contribution in [-0.4, -0.2) is 52.1 Å². The SMILES string of the molecule is C=CCN(C(=O)N1CC(C(C)C(=O)O)C1)C(C)(C)C. The Labute approximate surface area is 114 Å². The summed E-state index contributed by atoms with van der Waals surface area (Å²) in [5.74, 6) is -1.13. The van der Waals surface area contributed by atoms with Crippen LogP contribution in [0.5, 0.6) is 0 Å². The van der Waals surface area contributed by atoms with Crippen LogP contribution in [-0.2, 0) is 4.79 Å². The fraction of sp³-hybridized carbons (Fsp3) is 0.714. The summed E-state index contributed by atoms with van der Waals surface area (Å²) in [6.45, 7) is 12.8. The highest BCUT2D eigenvalue weighted by atomic mass is 16.4. The Morgan fingerprint density at radius 1 is 1.47 bits per heavy atom. The second-order valence-electron chi connectivity index (χ2n) is 6.14. The van der Waals surface area contributed by atoms with Crippen LogP contribution < -0.4 is 0 Å². The van der Waals surface area contributed by atoms with E-state index in [1.807, 2.05) is 20.8 Å². The minimum absolute atomic E-state index is 0.0405. The number of urea groups is 1. The van der Waals surface area contributed by atoms with E-state index in [0.29, 0.717) is 19.6 Å². The largest absolute Gasteiger partial charge is 0.481 e. The molecule has 2 amide bonds. The quantitative estimate of drug-likeness (QED) is 0.794. The smallest absolute Gasteiger partial charge is 0.320 e. The van der Waals surface area contributed by atoms with E-state index in [-0.39, 0.29) is 17.5 Å². The second-order valence-corrected chi connectivity index (χ2v) is 6.14. The standard InChI is InChI=1S/C14H24N2O3/c1-6-7-16(14(3,4)5)13(19)15-8-11(9-15)10(2)12(17)18/h6,10-11H,1,7-9H2,2-5H3,(H,17,18). The van der Waals surface area contributed by atoms with Gasteiger partial charge in [0, 0.05) is 31.1 Å². The zero-order valence-electron chi connectivity index (χ0n) is 12.2. The summed E-state index contributed by atoms with van der Waals surface area (Å²) in [6.07, 6.45) is 1.71. The molecule has 0 aliphatic carbocycles. The van der Waals surface area contributed by atoms with E-state index in [1.165, 1.54) is 0 Å². The maximum Gasteiger partial charge on any atom is 0.320 e. The fourth-order valence-corrected chi connectivity index (χ4v) is 2.13. The molecule has 1 unspecified atom stereocenters. The van der Waals surface area contributed by atoms with E-state index in [2.05, 4.69) is 6.58 Å². The predicted molar refractivity (Wildman–Crippen MR) is 73.9 cm³/mol. The average Bonchev–Trinajstić information content (AvgIpc) is 2.21. The molecule has 1 fully saturated rings. The number of rotatable bonds is 4. The van der Waals surface area contributed by atoms with Crippen LogP contribution in [0.15, 0.2) is 12.7 Å². The van der Waals surface area contributed by atoms with Gasteiger partial charge in [-0.15, -0.1) is 6.58 Å². The molecule has 108 valence electrons. The lowest BCUT2D eigenvalue weighted by atomic mass is 9.87. The van der Waals surface area contributed by atoms with Gasteiger partial charge in [-0.05, 0) is 20.8 Å². The zero-order chi connectivity index (χ0) is 14.8. The van der Waals surface area contributed by atoms with Crippen LogP contribution >= 0.6 is 0 Å². The highest BCUT2D eigenvalue weighted by Crippen LogP contribution is 2.27. The first-order chi connectivity index (χ1) is 8.68. The number of likely N-dealkylation sites (tertiary alicyclic amines) is 1. The Morgan fingerprint density at radius 2 is 2.00 bits per heavy atom. The van der Waals surface area contributed by atoms with E-state index in [0.717, 1.165) is 0 Å². The van der Waals surface area contributed by atoms with E-state index >= 15 is 0 Å². The summed E-state index contributed by atoms with van der Waals surface area (Å²) in [7, 11) is 0. The molecule has 1 heterocycles. The number of carboxylic acid groups (broad SMARTS) is 1. The number of hydrogen-bond donors (Lipinski definition) is 1. The van der Waals surface area contributed by atoms with Crippen molar-refractivity contribution in [3.63, 3.8) is 0 Å². The molecule has 1 N–H and O–H groups in total. The topological polar surface area (TPSA) is 60.9 Å². The highest BCUT2D eigenvalue weighted by Gasteiger charge is 2.40. The summed E-state index contributed by atoms with van der Waals surface area (Å²) < 4.78 is 0. The molecule has 1 aliphatic heterocycles. The molecular weight excluding hydrogens is 244 g/mol. The first kappa shape index (κ1) is 15.5. The summed E-state index contributed by atoms with van der Waals surface area (Å²) in [4.78, 5) is 26.7. The molecule has 0 bridgehead atoms. The Hall–Kier alpha value is -1.52. The Kier molecular flexibility index (Phi) is 4.61. The van der Waals surface area contributed by atoms with Crippen LogP contribution in [0.25, 0.3) is 0 Å². The molecule has 0 aromatic rings. The van der Waals surface area contributed by atoms with Crippen molar-refractivity contribution in [2.45, 2.75) is 33.2 Å². The maximum atomic E-state index is 12.4. The highest BCUT2D eigenvalue weighted by molar-refractivity contribution is 5.77. The lowest BCUT2D eigenvalue weighted by Crippen LogP contribution is -2.60. The van der Waals surface area contributed by atoms with Crippen molar-refractivity contribution in [2.24, 2.45) is 11.8 Å². The monoisotopic (exact) mass is 268 g/mol. The van der Waals surface area contributed by atoms with Gasteiger partial charge in [0.2, 0.25) is 0 Å². The van der Waals surface area contributed by atoms with Crippen LogP contribution in [0.4, 0.5) is 4.79 Å². The molecular formula is C14H24N2O3. The number of carbonyl (C=O) groups is 2. The van der Waals surface area contributed by atoms with Gasteiger partial charge in [0.1, 0.15) is 0 Å². The number of carbonyl (C=O) groups excluding carboxylic acids is 1. The van der Waals surface area contributed by atoms with Crippen molar-refractivity contribution in [2.75, 3.05) is 19.6 Å². The minimum atomic E-state index is -0.795. The van der Waals surface area contributed by atoms with E-state index in [1.54, 1.807) is 22.8 Å². The normalized spacial score (nSPS) is 17.6. The van der Waals surface area contributed by atoms with Crippen molar-refractivity contribution >= 4 is 12.0 Å². The first-order valence-electron chi connectivity index (χ1n) is 6.58. The summed E-state index contributed by atoms with van der Waals surface area (Å²) in [6, 6.07) is -0.0405. The number of hydrogen-bond acceptors (Lipinski definition) is 2. The van der Waals surface area contributed by atoms with Gasteiger partial charge in [-0.2, -0.15) is 0 Å². The van der Waals surface area contributed by atoms with Gasteiger partial charge in [0.05, 0.1) is 5.92 Å². The van der Waals surface area contributed by atoms with E-state index in [9.17, 15) is 9.59 Å². The Morgan fingerprint density at radius 3 is 2.37 bits per heavy atom. The van der Waals surface area contributed by atoms with Crippen molar-refractivity contribution in [1.82, 2.24) is 9.80 Å². The number of aliphatic carboxylic acids is 1. The molecule has 1 atom stereocenters. The maximum absolute atomic E-state index is 12.4. The predicted octanol–water partition coefficient (Wildman–Crippen LogP) is 2.05. The summed E-state index contributed by atoms with van der Waals surface area (Å²) >= 11 is 0. The van der Waals surface area contributed by atoms with Gasteiger partial charge in [-0.25, -0.2) is 4.79 Å². The molecule has 0 spiro atoms. The van der Waals surface area contributed by atoms with Crippen molar-refractivity contribution < 1.29 is 14.7 Å². The first-order valence-corrected chi connectivity index (χ1v) is 6.58. The fourth-order valence-electron chi connectivity index (χ4n) is 2.13. The van der Waals surface area contributed by atoms with Crippen LogP contribution in [0, 0.1) is 11.8 Å². The minimum Gasteiger partial charge on any atom is -0.481 e. The lowest BCUT2D eigenvalue weighted by molar-refractivity contribution is -0.145. The Bertz CT molecular complexity index is 367. The average molecular weight is 268 g/mol. The number of nitrogens with zero attached hydrogens (tertiary/aromatic N) is 2. The molecule has 5 nitrogen and oxygen atoms in total. The molecule has 19 heavy (non-hydrogen) atoms. The van der Waals surface area contributed by atoms with Crippen molar-refractivity contribution in [1.29, 1.82) is 0 Å². The number of carboxylic acids is 1. The third-order valence-corrected chi connectivity index (χ3v) is 3.63. The van der Waals surface area contributed by atoms with Gasteiger partial charge < -0.3 is 14.9 Å². The second kappa shape index (κ2) is 5.63. The van der Waals surface area contributed by atoms with Crippen molar-refractivity contribution in [3.05, 3.63) is 12.7 Å². The molecule has 1 saturated heterocycles.